The van der Waals surface area contributed by atoms with E-state index in [1.54, 1.807) is 4.90 Å². The second-order valence-corrected chi connectivity index (χ2v) is 4.87. The van der Waals surface area contributed by atoms with E-state index in [-0.39, 0.29) is 11.5 Å². The lowest BCUT2D eigenvalue weighted by atomic mass is 9.73. The van der Waals surface area contributed by atoms with Crippen molar-refractivity contribution in [3.63, 3.8) is 0 Å². The Hall–Kier alpha value is -1.78. The van der Waals surface area contributed by atoms with E-state index in [0.29, 0.717) is 0 Å². The molecular weight excluding hydrogens is 218 g/mol. The summed E-state index contributed by atoms with van der Waals surface area (Å²) in [6.45, 7) is 3.58. The predicted molar refractivity (Wildman–Crippen MR) is 62.9 cm³/mol. The number of hydrogen-bond donors (Lipinski definition) is 0. The molecule has 0 radical (unpaired) electrons. The summed E-state index contributed by atoms with van der Waals surface area (Å²) in [6.07, 6.45) is 1.59. The van der Waals surface area contributed by atoms with Gasteiger partial charge in [0.15, 0.2) is 0 Å². The molecular formula is C12H15N3O2. The second kappa shape index (κ2) is 3.61. The van der Waals surface area contributed by atoms with Crippen LogP contribution >= 0.6 is 0 Å². The van der Waals surface area contributed by atoms with Crippen LogP contribution in [0.25, 0.3) is 0 Å². The quantitative estimate of drug-likeness (QED) is 0.725. The highest BCUT2D eigenvalue weighted by atomic mass is 16.5. The van der Waals surface area contributed by atoms with Gasteiger partial charge in [0.05, 0.1) is 7.11 Å². The van der Waals surface area contributed by atoms with Gasteiger partial charge in [-0.05, 0) is 12.1 Å². The van der Waals surface area contributed by atoms with Crippen molar-refractivity contribution >= 4 is 11.9 Å². The van der Waals surface area contributed by atoms with Crippen LogP contribution < -0.4 is 4.90 Å². The van der Waals surface area contributed by atoms with Crippen molar-refractivity contribution in [2.45, 2.75) is 0 Å². The Labute approximate surface area is 100.0 Å². The first-order valence-corrected chi connectivity index (χ1v) is 5.71. The van der Waals surface area contributed by atoms with Gasteiger partial charge in [-0.1, -0.05) is 6.07 Å². The zero-order valence-corrected chi connectivity index (χ0v) is 9.80. The number of carbonyl (C=O) groups is 1. The van der Waals surface area contributed by atoms with Crippen molar-refractivity contribution in [2.75, 3.05) is 38.2 Å². The van der Waals surface area contributed by atoms with Gasteiger partial charge in [-0.3, -0.25) is 0 Å². The maximum absolute atomic E-state index is 11.3. The van der Waals surface area contributed by atoms with Crippen LogP contribution in [0.2, 0.25) is 0 Å². The topological polar surface area (TPSA) is 45.7 Å². The number of rotatable bonds is 1. The molecule has 2 fully saturated rings. The molecule has 90 valence electrons. The van der Waals surface area contributed by atoms with Gasteiger partial charge in [-0.2, -0.15) is 0 Å². The first-order chi connectivity index (χ1) is 8.22. The predicted octanol–water partition coefficient (Wildman–Crippen LogP) is 0.970. The number of nitrogens with zero attached hydrogens (tertiary/aromatic N) is 3. The monoisotopic (exact) mass is 233 g/mol. The normalized spacial score (nSPS) is 20.8. The third-order valence-corrected chi connectivity index (χ3v) is 3.51. The van der Waals surface area contributed by atoms with E-state index in [1.165, 1.54) is 7.11 Å². The number of pyridine rings is 1. The Morgan fingerprint density at radius 2 is 2.12 bits per heavy atom. The molecule has 2 aliphatic heterocycles. The molecule has 0 atom stereocenters. The second-order valence-electron chi connectivity index (χ2n) is 4.87. The summed E-state index contributed by atoms with van der Waals surface area (Å²) < 4.78 is 4.69. The molecule has 0 saturated carbocycles. The number of methoxy groups -OCH3 is 1. The largest absolute Gasteiger partial charge is 0.453 e. The summed E-state index contributed by atoms with van der Waals surface area (Å²) in [5, 5.41) is 0. The van der Waals surface area contributed by atoms with Crippen molar-refractivity contribution in [3.8, 4) is 0 Å². The fourth-order valence-corrected chi connectivity index (χ4v) is 2.69. The summed E-state index contributed by atoms with van der Waals surface area (Å²) in [7, 11) is 1.42. The first-order valence-electron chi connectivity index (χ1n) is 5.71. The van der Waals surface area contributed by atoms with Crippen LogP contribution in [-0.2, 0) is 4.74 Å². The van der Waals surface area contributed by atoms with Gasteiger partial charge in [0.1, 0.15) is 5.82 Å². The van der Waals surface area contributed by atoms with Crippen molar-refractivity contribution in [1.82, 2.24) is 9.88 Å². The van der Waals surface area contributed by atoms with E-state index < -0.39 is 0 Å². The van der Waals surface area contributed by atoms with Gasteiger partial charge >= 0.3 is 6.09 Å². The van der Waals surface area contributed by atoms with Crippen LogP contribution in [0.5, 0.6) is 0 Å². The van der Waals surface area contributed by atoms with Crippen LogP contribution in [0.1, 0.15) is 0 Å². The minimum atomic E-state index is -0.216. The lowest BCUT2D eigenvalue weighted by Gasteiger charge is -2.59. The molecule has 17 heavy (non-hydrogen) atoms. The standard InChI is InChI=1S/C12H15N3O2/c1-17-11(16)15-8-12(9-15)6-14(7-12)10-4-2-3-5-13-10/h2-5H,6-9H2,1H3. The summed E-state index contributed by atoms with van der Waals surface area (Å²) >= 11 is 0. The van der Waals surface area contributed by atoms with Gasteiger partial charge in [-0.25, -0.2) is 9.78 Å². The molecule has 0 bridgehead atoms. The Morgan fingerprint density at radius 1 is 1.35 bits per heavy atom. The highest BCUT2D eigenvalue weighted by Crippen LogP contribution is 2.41. The Morgan fingerprint density at radius 3 is 2.71 bits per heavy atom. The first kappa shape index (κ1) is 10.4. The maximum Gasteiger partial charge on any atom is 0.409 e. The highest BCUT2D eigenvalue weighted by Gasteiger charge is 2.53. The molecule has 0 N–H and O–H groups in total. The SMILES string of the molecule is COC(=O)N1CC2(C1)CN(c1ccccn1)C2. The van der Waals surface area contributed by atoms with Crippen LogP contribution in [0.3, 0.4) is 0 Å². The number of amides is 1. The molecule has 1 spiro atoms. The number of ether oxygens (including phenoxy) is 1. The van der Waals surface area contributed by atoms with E-state index in [9.17, 15) is 4.79 Å². The fraction of sp³-hybridized carbons (Fsp3) is 0.500. The molecule has 5 nitrogen and oxygen atoms in total. The third-order valence-electron chi connectivity index (χ3n) is 3.51. The lowest BCUT2D eigenvalue weighted by molar-refractivity contribution is -0.0153. The molecule has 5 heteroatoms. The van der Waals surface area contributed by atoms with E-state index in [1.807, 2.05) is 24.4 Å². The molecule has 0 unspecified atom stereocenters. The van der Waals surface area contributed by atoms with Crippen LogP contribution in [-0.4, -0.2) is 49.3 Å². The Balaban J connectivity index is 1.55. The number of hydrogen-bond acceptors (Lipinski definition) is 4. The minimum Gasteiger partial charge on any atom is -0.453 e. The summed E-state index contributed by atoms with van der Waals surface area (Å²) in [4.78, 5) is 19.6. The van der Waals surface area contributed by atoms with Gasteiger partial charge in [0, 0.05) is 37.8 Å². The van der Waals surface area contributed by atoms with E-state index in [2.05, 4.69) is 14.6 Å². The fourth-order valence-electron chi connectivity index (χ4n) is 2.69. The van der Waals surface area contributed by atoms with Crippen molar-refractivity contribution < 1.29 is 9.53 Å². The lowest BCUT2D eigenvalue weighted by Crippen LogP contribution is -2.73. The summed E-state index contributed by atoms with van der Waals surface area (Å²) in [5.74, 6) is 1.02. The number of likely N-dealkylation sites (tertiary alicyclic amines) is 1. The smallest absolute Gasteiger partial charge is 0.409 e. The Kier molecular flexibility index (Phi) is 2.21. The summed E-state index contributed by atoms with van der Waals surface area (Å²) in [6, 6.07) is 5.93. The van der Waals surface area contributed by atoms with E-state index >= 15 is 0 Å². The average molecular weight is 233 g/mol. The molecule has 3 heterocycles. The van der Waals surface area contributed by atoms with Gasteiger partial charge in [0.25, 0.3) is 0 Å². The molecule has 0 aromatic carbocycles. The average Bonchev–Trinajstić information content (AvgIpc) is 2.26. The molecule has 2 saturated heterocycles. The molecule has 3 rings (SSSR count). The van der Waals surface area contributed by atoms with Gasteiger partial charge < -0.3 is 14.5 Å². The van der Waals surface area contributed by atoms with E-state index in [4.69, 9.17) is 0 Å². The number of aromatic nitrogens is 1. The highest BCUT2D eigenvalue weighted by molar-refractivity contribution is 5.69. The zero-order valence-electron chi connectivity index (χ0n) is 9.80. The van der Waals surface area contributed by atoms with Crippen LogP contribution in [0.15, 0.2) is 24.4 Å². The van der Waals surface area contributed by atoms with Crippen LogP contribution in [0, 0.1) is 5.41 Å². The molecule has 2 aliphatic rings. The van der Waals surface area contributed by atoms with Crippen molar-refractivity contribution in [3.05, 3.63) is 24.4 Å². The maximum atomic E-state index is 11.3. The number of anilines is 1. The van der Waals surface area contributed by atoms with Crippen molar-refractivity contribution in [1.29, 1.82) is 0 Å². The molecule has 1 aromatic rings. The number of carbonyl (C=O) groups excluding carboxylic acids is 1. The Bertz CT molecular complexity index is 421. The van der Waals surface area contributed by atoms with Crippen molar-refractivity contribution in [2.24, 2.45) is 5.41 Å². The van der Waals surface area contributed by atoms with Gasteiger partial charge in [0.2, 0.25) is 0 Å². The molecule has 1 aromatic heterocycles. The zero-order chi connectivity index (χ0) is 11.9. The minimum absolute atomic E-state index is 0.216. The van der Waals surface area contributed by atoms with Crippen LogP contribution in [0.4, 0.5) is 10.6 Å². The van der Waals surface area contributed by atoms with Gasteiger partial charge in [-0.15, -0.1) is 0 Å². The summed E-state index contributed by atoms with van der Waals surface area (Å²) in [5.41, 5.74) is 0.283. The molecule has 0 aliphatic carbocycles. The van der Waals surface area contributed by atoms with E-state index in [0.717, 1.165) is 32.0 Å². The third kappa shape index (κ3) is 1.62. The molecule has 1 amide bonds.